The van der Waals surface area contributed by atoms with Crippen LogP contribution in [0.5, 0.6) is 0 Å². The zero-order chi connectivity index (χ0) is 13.8. The molecule has 0 spiro atoms. The van der Waals surface area contributed by atoms with E-state index >= 15 is 0 Å². The number of benzene rings is 2. The second kappa shape index (κ2) is 5.48. The van der Waals surface area contributed by atoms with Crippen molar-refractivity contribution in [1.29, 1.82) is 0 Å². The van der Waals surface area contributed by atoms with Gasteiger partial charge >= 0.3 is 0 Å². The minimum atomic E-state index is -0.532. The van der Waals surface area contributed by atoms with Gasteiger partial charge in [0.25, 0.3) is 11.7 Å². The highest BCUT2D eigenvalue weighted by molar-refractivity contribution is 6.47. The summed E-state index contributed by atoms with van der Waals surface area (Å²) in [6.07, 6.45) is 0. The molecule has 0 radical (unpaired) electrons. The Morgan fingerprint density at radius 1 is 0.895 bits per heavy atom. The number of aryl methyl sites for hydroxylation is 1. The Bertz CT molecular complexity index is 588. The molecule has 1 amide bonds. The average Bonchev–Trinajstić information content (AvgIpc) is 2.46. The molecule has 0 aliphatic rings. The normalized spacial score (nSPS) is 10.0. The number of hydrogen-bond acceptors (Lipinski definition) is 2. The van der Waals surface area contributed by atoms with Gasteiger partial charge in [-0.2, -0.15) is 0 Å². The number of anilines is 1. The summed E-state index contributed by atoms with van der Waals surface area (Å²) in [5.41, 5.74) is 2.17. The molecule has 2 aromatic carbocycles. The van der Waals surface area contributed by atoms with Gasteiger partial charge in [-0.15, -0.1) is 0 Å². The van der Waals surface area contributed by atoms with E-state index in [1.54, 1.807) is 31.3 Å². The zero-order valence-corrected chi connectivity index (χ0v) is 11.0. The van der Waals surface area contributed by atoms with Crippen LogP contribution in [0.15, 0.2) is 54.6 Å². The lowest BCUT2D eigenvalue weighted by Crippen LogP contribution is -2.33. The summed E-state index contributed by atoms with van der Waals surface area (Å²) in [5, 5.41) is 0. The van der Waals surface area contributed by atoms with Crippen molar-refractivity contribution < 1.29 is 9.59 Å². The van der Waals surface area contributed by atoms with Gasteiger partial charge in [0.05, 0.1) is 0 Å². The van der Waals surface area contributed by atoms with Crippen LogP contribution in [-0.2, 0) is 4.79 Å². The van der Waals surface area contributed by atoms with Gasteiger partial charge in [0.15, 0.2) is 0 Å². The first kappa shape index (κ1) is 13.0. The maximum Gasteiger partial charge on any atom is 0.299 e. The summed E-state index contributed by atoms with van der Waals surface area (Å²) in [6.45, 7) is 1.94. The molecule has 2 rings (SSSR count). The molecule has 2 aromatic rings. The second-order valence-electron chi connectivity index (χ2n) is 4.39. The fourth-order valence-corrected chi connectivity index (χ4v) is 1.75. The van der Waals surface area contributed by atoms with E-state index in [0.717, 1.165) is 5.56 Å². The van der Waals surface area contributed by atoms with E-state index in [2.05, 4.69) is 0 Å². The number of para-hydroxylation sites is 1. The smallest absolute Gasteiger partial charge is 0.299 e. The summed E-state index contributed by atoms with van der Waals surface area (Å²) >= 11 is 0. The van der Waals surface area contributed by atoms with E-state index < -0.39 is 11.7 Å². The van der Waals surface area contributed by atoms with Crippen LogP contribution in [0.2, 0.25) is 0 Å². The van der Waals surface area contributed by atoms with E-state index in [1.165, 1.54) is 4.90 Å². The van der Waals surface area contributed by atoms with Crippen LogP contribution >= 0.6 is 0 Å². The van der Waals surface area contributed by atoms with Gasteiger partial charge in [-0.05, 0) is 19.1 Å². The SMILES string of the molecule is Cc1ccc(C(=O)C(=O)N(C)c2ccccc2)cc1. The fraction of sp³-hybridized carbons (Fsp3) is 0.125. The molecule has 19 heavy (non-hydrogen) atoms. The van der Waals surface area contributed by atoms with E-state index in [4.69, 9.17) is 0 Å². The Balaban J connectivity index is 2.20. The van der Waals surface area contributed by atoms with E-state index in [-0.39, 0.29) is 0 Å². The Morgan fingerprint density at radius 2 is 1.47 bits per heavy atom. The van der Waals surface area contributed by atoms with Gasteiger partial charge in [-0.1, -0.05) is 48.0 Å². The van der Waals surface area contributed by atoms with Gasteiger partial charge in [0, 0.05) is 18.3 Å². The van der Waals surface area contributed by atoms with Crippen LogP contribution in [0.1, 0.15) is 15.9 Å². The Hall–Kier alpha value is -2.42. The summed E-state index contributed by atoms with van der Waals surface area (Å²) in [7, 11) is 1.60. The van der Waals surface area contributed by atoms with Crippen LogP contribution in [0.25, 0.3) is 0 Å². The molecule has 0 aliphatic carbocycles. The molecule has 3 nitrogen and oxygen atoms in total. The highest BCUT2D eigenvalue weighted by Crippen LogP contribution is 2.13. The average molecular weight is 253 g/mol. The Morgan fingerprint density at radius 3 is 2.05 bits per heavy atom. The first-order valence-electron chi connectivity index (χ1n) is 6.03. The van der Waals surface area contributed by atoms with Gasteiger partial charge in [0.2, 0.25) is 0 Å². The monoisotopic (exact) mass is 253 g/mol. The number of ketones is 1. The van der Waals surface area contributed by atoms with Crippen LogP contribution in [0, 0.1) is 6.92 Å². The minimum Gasteiger partial charge on any atom is -0.309 e. The zero-order valence-electron chi connectivity index (χ0n) is 11.0. The Kier molecular flexibility index (Phi) is 3.76. The number of hydrogen-bond donors (Lipinski definition) is 0. The molecular formula is C16H15NO2. The number of carbonyl (C=O) groups is 2. The summed E-state index contributed by atoms with van der Waals surface area (Å²) in [5.74, 6) is -1.03. The molecule has 0 fully saturated rings. The van der Waals surface area contributed by atoms with Crippen molar-refractivity contribution in [3.63, 3.8) is 0 Å². The lowest BCUT2D eigenvalue weighted by atomic mass is 10.1. The van der Waals surface area contributed by atoms with Gasteiger partial charge < -0.3 is 4.90 Å². The van der Waals surface area contributed by atoms with Crippen molar-refractivity contribution in [1.82, 2.24) is 0 Å². The number of likely N-dealkylation sites (N-methyl/N-ethyl adjacent to an activating group) is 1. The molecule has 0 N–H and O–H groups in total. The first-order valence-corrected chi connectivity index (χ1v) is 6.03. The number of carbonyl (C=O) groups excluding carboxylic acids is 2. The minimum absolute atomic E-state index is 0.415. The molecule has 0 aromatic heterocycles. The van der Waals surface area contributed by atoms with Gasteiger partial charge in [0.1, 0.15) is 0 Å². The quantitative estimate of drug-likeness (QED) is 0.623. The van der Waals surface area contributed by atoms with E-state index in [9.17, 15) is 9.59 Å². The molecule has 0 saturated heterocycles. The molecule has 0 unspecified atom stereocenters. The van der Waals surface area contributed by atoms with Crippen molar-refractivity contribution in [3.8, 4) is 0 Å². The highest BCUT2D eigenvalue weighted by atomic mass is 16.2. The number of rotatable bonds is 3. The van der Waals surface area contributed by atoms with Crippen molar-refractivity contribution in [2.24, 2.45) is 0 Å². The first-order chi connectivity index (χ1) is 9.09. The molecule has 0 aliphatic heterocycles. The standard InChI is InChI=1S/C16H15NO2/c1-12-8-10-13(11-9-12)15(18)16(19)17(2)14-6-4-3-5-7-14/h3-11H,1-2H3. The number of nitrogens with zero attached hydrogens (tertiary/aromatic N) is 1. The predicted molar refractivity (Wildman–Crippen MR) is 75.4 cm³/mol. The van der Waals surface area contributed by atoms with E-state index in [0.29, 0.717) is 11.3 Å². The predicted octanol–water partition coefficient (Wildman–Crippen LogP) is 2.84. The van der Waals surface area contributed by atoms with Gasteiger partial charge in [-0.3, -0.25) is 9.59 Å². The molecule has 0 atom stereocenters. The summed E-state index contributed by atoms with van der Waals surface area (Å²) in [6, 6.07) is 16.1. The third-order valence-electron chi connectivity index (χ3n) is 2.96. The van der Waals surface area contributed by atoms with Crippen LogP contribution < -0.4 is 4.90 Å². The number of amides is 1. The van der Waals surface area contributed by atoms with Crippen molar-refractivity contribution >= 4 is 17.4 Å². The lowest BCUT2D eigenvalue weighted by molar-refractivity contribution is -0.114. The molecular weight excluding hydrogens is 238 g/mol. The van der Waals surface area contributed by atoms with Crippen LogP contribution in [0.4, 0.5) is 5.69 Å². The van der Waals surface area contributed by atoms with Crippen LogP contribution in [0.3, 0.4) is 0 Å². The molecule has 3 heteroatoms. The summed E-state index contributed by atoms with van der Waals surface area (Å²) in [4.78, 5) is 25.5. The largest absolute Gasteiger partial charge is 0.309 e. The van der Waals surface area contributed by atoms with Crippen molar-refractivity contribution in [3.05, 3.63) is 65.7 Å². The molecule has 0 saturated carbocycles. The highest BCUT2D eigenvalue weighted by Gasteiger charge is 2.21. The molecule has 96 valence electrons. The third-order valence-corrected chi connectivity index (χ3v) is 2.96. The topological polar surface area (TPSA) is 37.4 Å². The molecule has 0 bridgehead atoms. The van der Waals surface area contributed by atoms with Crippen molar-refractivity contribution in [2.75, 3.05) is 11.9 Å². The third kappa shape index (κ3) is 2.88. The number of Topliss-reactive ketones (excluding diaryl/α,β-unsaturated/α-hetero) is 1. The van der Waals surface area contributed by atoms with Crippen LogP contribution in [-0.4, -0.2) is 18.7 Å². The molecule has 0 heterocycles. The lowest BCUT2D eigenvalue weighted by Gasteiger charge is -2.16. The van der Waals surface area contributed by atoms with Gasteiger partial charge in [-0.25, -0.2) is 0 Å². The van der Waals surface area contributed by atoms with E-state index in [1.807, 2.05) is 37.3 Å². The second-order valence-corrected chi connectivity index (χ2v) is 4.39. The maximum absolute atomic E-state index is 12.1. The van der Waals surface area contributed by atoms with Crippen molar-refractivity contribution in [2.45, 2.75) is 6.92 Å². The Labute approximate surface area is 112 Å². The maximum atomic E-state index is 12.1. The summed E-state index contributed by atoms with van der Waals surface area (Å²) < 4.78 is 0. The fourth-order valence-electron chi connectivity index (χ4n) is 1.75.